The third-order valence-corrected chi connectivity index (χ3v) is 2.68. The van der Waals surface area contributed by atoms with Crippen LogP contribution in [0.3, 0.4) is 0 Å². The molecule has 0 aliphatic heterocycles. The highest BCUT2D eigenvalue weighted by atomic mass is 79.9. The van der Waals surface area contributed by atoms with E-state index < -0.39 is 0 Å². The molecule has 0 fully saturated rings. The SMILES string of the molecule is C#CCCOc1c(C)cc(Br)cc1CCN. The zero-order valence-corrected chi connectivity index (χ0v) is 11.0. The van der Waals surface area contributed by atoms with Gasteiger partial charge < -0.3 is 10.5 Å². The van der Waals surface area contributed by atoms with E-state index in [1.807, 2.05) is 19.1 Å². The lowest BCUT2D eigenvalue weighted by Crippen LogP contribution is -2.07. The molecule has 0 saturated heterocycles. The molecule has 0 bridgehead atoms. The molecule has 0 radical (unpaired) electrons. The Morgan fingerprint density at radius 1 is 1.50 bits per heavy atom. The Hall–Kier alpha value is -0.980. The molecular formula is C13H16BrNO. The maximum Gasteiger partial charge on any atom is 0.125 e. The molecular weight excluding hydrogens is 266 g/mol. The Morgan fingerprint density at radius 3 is 2.88 bits per heavy atom. The normalized spacial score (nSPS) is 9.88. The van der Waals surface area contributed by atoms with Gasteiger partial charge in [-0.15, -0.1) is 12.3 Å². The van der Waals surface area contributed by atoms with E-state index in [4.69, 9.17) is 16.9 Å². The van der Waals surface area contributed by atoms with Gasteiger partial charge in [-0.1, -0.05) is 15.9 Å². The number of hydrogen-bond donors (Lipinski definition) is 1. The third-order valence-electron chi connectivity index (χ3n) is 2.22. The molecule has 0 aliphatic rings. The van der Waals surface area contributed by atoms with Crippen LogP contribution in [-0.2, 0) is 6.42 Å². The fourth-order valence-corrected chi connectivity index (χ4v) is 2.18. The van der Waals surface area contributed by atoms with Gasteiger partial charge in [0.2, 0.25) is 0 Å². The van der Waals surface area contributed by atoms with Crippen LogP contribution in [0.2, 0.25) is 0 Å². The van der Waals surface area contributed by atoms with Crippen molar-refractivity contribution in [2.24, 2.45) is 5.73 Å². The zero-order valence-electron chi connectivity index (χ0n) is 9.42. The summed E-state index contributed by atoms with van der Waals surface area (Å²) in [6.07, 6.45) is 6.63. The molecule has 0 amide bonds. The molecule has 2 N–H and O–H groups in total. The summed E-state index contributed by atoms with van der Waals surface area (Å²) in [7, 11) is 0. The van der Waals surface area contributed by atoms with Crippen LogP contribution in [0, 0.1) is 19.3 Å². The number of terminal acetylenes is 1. The van der Waals surface area contributed by atoms with Crippen molar-refractivity contribution < 1.29 is 4.74 Å². The van der Waals surface area contributed by atoms with Gasteiger partial charge in [-0.2, -0.15) is 0 Å². The van der Waals surface area contributed by atoms with Crippen LogP contribution < -0.4 is 10.5 Å². The molecule has 1 aromatic rings. The second-order valence-corrected chi connectivity index (χ2v) is 4.47. The van der Waals surface area contributed by atoms with Crippen LogP contribution in [0.25, 0.3) is 0 Å². The van der Waals surface area contributed by atoms with Crippen molar-refractivity contribution in [2.75, 3.05) is 13.2 Å². The molecule has 1 rings (SSSR count). The van der Waals surface area contributed by atoms with E-state index in [2.05, 4.69) is 21.9 Å². The molecule has 0 unspecified atom stereocenters. The number of aryl methyl sites for hydroxylation is 1. The average molecular weight is 282 g/mol. The minimum Gasteiger partial charge on any atom is -0.492 e. The molecule has 86 valence electrons. The first-order chi connectivity index (χ1) is 7.69. The number of rotatable bonds is 5. The lowest BCUT2D eigenvalue weighted by Gasteiger charge is -2.13. The quantitative estimate of drug-likeness (QED) is 0.665. The van der Waals surface area contributed by atoms with Gasteiger partial charge in [0.1, 0.15) is 5.75 Å². The van der Waals surface area contributed by atoms with Gasteiger partial charge in [-0.05, 0) is 43.1 Å². The molecule has 0 heterocycles. The van der Waals surface area contributed by atoms with Gasteiger partial charge in [-0.25, -0.2) is 0 Å². The Bertz CT molecular complexity index is 396. The highest BCUT2D eigenvalue weighted by Crippen LogP contribution is 2.28. The van der Waals surface area contributed by atoms with Crippen LogP contribution >= 0.6 is 15.9 Å². The summed E-state index contributed by atoms with van der Waals surface area (Å²) in [6.45, 7) is 3.19. The Kier molecular flexibility index (Phi) is 5.37. The number of ether oxygens (including phenoxy) is 1. The van der Waals surface area contributed by atoms with Gasteiger partial charge in [0.05, 0.1) is 6.61 Å². The lowest BCUT2D eigenvalue weighted by atomic mass is 10.1. The van der Waals surface area contributed by atoms with Gasteiger partial charge in [-0.3, -0.25) is 0 Å². The van der Waals surface area contributed by atoms with Crippen LogP contribution in [0.5, 0.6) is 5.75 Å². The van der Waals surface area contributed by atoms with Crippen molar-refractivity contribution in [2.45, 2.75) is 19.8 Å². The summed E-state index contributed by atoms with van der Waals surface area (Å²) in [5.41, 5.74) is 7.82. The van der Waals surface area contributed by atoms with Crippen molar-refractivity contribution in [3.05, 3.63) is 27.7 Å². The molecule has 0 saturated carbocycles. The van der Waals surface area contributed by atoms with Crippen molar-refractivity contribution in [1.82, 2.24) is 0 Å². The first-order valence-electron chi connectivity index (χ1n) is 5.24. The largest absolute Gasteiger partial charge is 0.492 e. The van der Waals surface area contributed by atoms with Crippen LogP contribution in [-0.4, -0.2) is 13.2 Å². The van der Waals surface area contributed by atoms with Gasteiger partial charge >= 0.3 is 0 Å². The Labute approximate surface area is 105 Å². The third kappa shape index (κ3) is 3.55. The Morgan fingerprint density at radius 2 is 2.25 bits per heavy atom. The van der Waals surface area contributed by atoms with Gasteiger partial charge in [0.15, 0.2) is 0 Å². The predicted octanol–water partition coefficient (Wildman–Crippen LogP) is 2.66. The van der Waals surface area contributed by atoms with Crippen LogP contribution in [0.15, 0.2) is 16.6 Å². The smallest absolute Gasteiger partial charge is 0.125 e. The number of halogens is 1. The highest BCUT2D eigenvalue weighted by Gasteiger charge is 2.08. The average Bonchev–Trinajstić information content (AvgIpc) is 2.22. The van der Waals surface area contributed by atoms with Gasteiger partial charge in [0, 0.05) is 10.9 Å². The van der Waals surface area contributed by atoms with Gasteiger partial charge in [0.25, 0.3) is 0 Å². The van der Waals surface area contributed by atoms with E-state index in [1.165, 1.54) is 0 Å². The standard InChI is InChI=1S/C13H16BrNO/c1-3-4-7-16-13-10(2)8-12(14)9-11(13)5-6-15/h1,8-9H,4-7,15H2,2H3. The molecule has 16 heavy (non-hydrogen) atoms. The molecule has 1 aromatic carbocycles. The van der Waals surface area contributed by atoms with E-state index in [0.29, 0.717) is 19.6 Å². The van der Waals surface area contributed by atoms with Crippen molar-refractivity contribution in [3.63, 3.8) is 0 Å². The Balaban J connectivity index is 2.90. The molecule has 0 spiro atoms. The first-order valence-corrected chi connectivity index (χ1v) is 6.03. The van der Waals surface area contributed by atoms with Crippen molar-refractivity contribution in [1.29, 1.82) is 0 Å². The van der Waals surface area contributed by atoms with E-state index in [-0.39, 0.29) is 0 Å². The molecule has 0 atom stereocenters. The van der Waals surface area contributed by atoms with E-state index in [0.717, 1.165) is 27.8 Å². The lowest BCUT2D eigenvalue weighted by molar-refractivity contribution is 0.321. The summed E-state index contributed by atoms with van der Waals surface area (Å²) >= 11 is 3.47. The van der Waals surface area contributed by atoms with E-state index in [1.54, 1.807) is 0 Å². The second kappa shape index (κ2) is 6.57. The summed E-state index contributed by atoms with van der Waals surface area (Å²) in [5, 5.41) is 0. The second-order valence-electron chi connectivity index (χ2n) is 3.55. The first kappa shape index (κ1) is 13.1. The summed E-state index contributed by atoms with van der Waals surface area (Å²) in [4.78, 5) is 0. The maximum absolute atomic E-state index is 5.70. The minimum absolute atomic E-state index is 0.552. The monoisotopic (exact) mass is 281 g/mol. The zero-order chi connectivity index (χ0) is 12.0. The molecule has 2 nitrogen and oxygen atoms in total. The predicted molar refractivity (Wildman–Crippen MR) is 70.6 cm³/mol. The summed E-state index contributed by atoms with van der Waals surface area (Å²) in [5.74, 6) is 3.48. The molecule has 0 aliphatic carbocycles. The highest BCUT2D eigenvalue weighted by molar-refractivity contribution is 9.10. The summed E-state index contributed by atoms with van der Waals surface area (Å²) < 4.78 is 6.75. The van der Waals surface area contributed by atoms with E-state index in [9.17, 15) is 0 Å². The van der Waals surface area contributed by atoms with Crippen molar-refractivity contribution in [3.8, 4) is 18.1 Å². The topological polar surface area (TPSA) is 35.2 Å². The number of hydrogen-bond acceptors (Lipinski definition) is 2. The maximum atomic E-state index is 5.70. The molecule has 0 aromatic heterocycles. The van der Waals surface area contributed by atoms with Crippen molar-refractivity contribution >= 4 is 15.9 Å². The van der Waals surface area contributed by atoms with Crippen LogP contribution in [0.1, 0.15) is 17.5 Å². The fraction of sp³-hybridized carbons (Fsp3) is 0.385. The molecule has 3 heteroatoms. The minimum atomic E-state index is 0.552. The number of benzene rings is 1. The number of nitrogens with two attached hydrogens (primary N) is 1. The fourth-order valence-electron chi connectivity index (χ4n) is 1.56. The summed E-state index contributed by atoms with van der Waals surface area (Å²) in [6, 6.07) is 4.08. The van der Waals surface area contributed by atoms with E-state index >= 15 is 0 Å². The van der Waals surface area contributed by atoms with Crippen LogP contribution in [0.4, 0.5) is 0 Å².